The zero-order chi connectivity index (χ0) is 8.69. The number of unbranched alkanes of at least 4 members (excludes halogenated alkanes) is 1. The van der Waals surface area contributed by atoms with Gasteiger partial charge >= 0.3 is 0 Å². The average molecular weight is 152 g/mol. The summed E-state index contributed by atoms with van der Waals surface area (Å²) in [6.07, 6.45) is 1.96. The summed E-state index contributed by atoms with van der Waals surface area (Å²) in [6.45, 7) is 2.98. The van der Waals surface area contributed by atoms with E-state index in [-0.39, 0.29) is 11.6 Å². The van der Waals surface area contributed by atoms with Gasteiger partial charge in [0.2, 0.25) is 5.78 Å². The molecular weight excluding hydrogens is 140 g/mol. The number of hydrogen-bond donors (Lipinski definition) is 0. The maximum atomic E-state index is 10.4. The smallest absolute Gasteiger partial charge is 0.202 e. The predicted octanol–water partition coefficient (Wildman–Crippen LogP) is 1.34. The number of rotatable bonds is 3. The van der Waals surface area contributed by atoms with E-state index in [0.717, 1.165) is 6.42 Å². The van der Waals surface area contributed by atoms with Crippen molar-refractivity contribution >= 4 is 11.6 Å². The van der Waals surface area contributed by atoms with Gasteiger partial charge in [-0.25, -0.2) is 0 Å². The van der Waals surface area contributed by atoms with Crippen LogP contribution in [0, 0.1) is 11.8 Å². The molecule has 0 unspecified atom stereocenters. The van der Waals surface area contributed by atoms with E-state index in [4.69, 9.17) is 0 Å². The number of Topliss-reactive ketones (excluding diaryl/α,β-unsaturated/α-hetero) is 2. The molecule has 0 aliphatic rings. The van der Waals surface area contributed by atoms with E-state index in [1.54, 1.807) is 6.92 Å². The highest BCUT2D eigenvalue weighted by Gasteiger charge is 1.90. The molecule has 0 bridgehead atoms. The minimum absolute atomic E-state index is 0.118. The van der Waals surface area contributed by atoms with E-state index in [1.165, 1.54) is 6.92 Å². The van der Waals surface area contributed by atoms with Crippen molar-refractivity contribution in [2.24, 2.45) is 0 Å². The molecule has 0 atom stereocenters. The highest BCUT2D eigenvalue weighted by atomic mass is 16.1. The first-order chi connectivity index (χ1) is 5.13. The van der Waals surface area contributed by atoms with Gasteiger partial charge in [-0.1, -0.05) is 5.92 Å². The fourth-order valence-corrected chi connectivity index (χ4v) is 0.613. The molecule has 0 amide bonds. The van der Waals surface area contributed by atoms with Gasteiger partial charge in [-0.3, -0.25) is 4.79 Å². The summed E-state index contributed by atoms with van der Waals surface area (Å²) in [6, 6.07) is 0. The maximum absolute atomic E-state index is 10.4. The molecular formula is C9H12O2. The molecule has 2 heteroatoms. The van der Waals surface area contributed by atoms with Gasteiger partial charge in [0.25, 0.3) is 0 Å². The highest BCUT2D eigenvalue weighted by molar-refractivity contribution is 5.93. The minimum atomic E-state index is -0.118. The van der Waals surface area contributed by atoms with Crippen molar-refractivity contribution in [2.75, 3.05) is 0 Å². The molecule has 0 saturated heterocycles. The topological polar surface area (TPSA) is 34.1 Å². The number of carbonyl (C=O) groups is 2. The molecule has 0 spiro atoms. The van der Waals surface area contributed by atoms with Gasteiger partial charge in [0.1, 0.15) is 5.78 Å². The van der Waals surface area contributed by atoms with Gasteiger partial charge in [-0.2, -0.15) is 0 Å². The monoisotopic (exact) mass is 152 g/mol. The Balaban J connectivity index is 3.37. The molecule has 0 aliphatic carbocycles. The summed E-state index contributed by atoms with van der Waals surface area (Å²) in [4.78, 5) is 20.7. The minimum Gasteiger partial charge on any atom is -0.300 e. The largest absolute Gasteiger partial charge is 0.300 e. The molecule has 0 rings (SSSR count). The molecule has 11 heavy (non-hydrogen) atoms. The van der Waals surface area contributed by atoms with Crippen LogP contribution in [-0.4, -0.2) is 11.6 Å². The van der Waals surface area contributed by atoms with Crippen molar-refractivity contribution in [1.82, 2.24) is 0 Å². The fraction of sp³-hybridized carbons (Fsp3) is 0.556. The van der Waals surface area contributed by atoms with E-state index in [1.807, 2.05) is 0 Å². The number of carbonyl (C=O) groups excluding carboxylic acids is 2. The van der Waals surface area contributed by atoms with Crippen LogP contribution in [0.2, 0.25) is 0 Å². The molecule has 0 fully saturated rings. The van der Waals surface area contributed by atoms with Crippen LogP contribution in [-0.2, 0) is 9.59 Å². The van der Waals surface area contributed by atoms with Crippen molar-refractivity contribution in [1.29, 1.82) is 0 Å². The molecule has 2 nitrogen and oxygen atoms in total. The van der Waals surface area contributed by atoms with Crippen LogP contribution in [0.1, 0.15) is 33.1 Å². The molecule has 60 valence electrons. The maximum Gasteiger partial charge on any atom is 0.202 e. The quantitative estimate of drug-likeness (QED) is 0.347. The van der Waals surface area contributed by atoms with E-state index in [9.17, 15) is 9.59 Å². The fourth-order valence-electron chi connectivity index (χ4n) is 0.613. The Morgan fingerprint density at radius 2 is 1.91 bits per heavy atom. The molecule has 0 radical (unpaired) electrons. The second-order valence-corrected chi connectivity index (χ2v) is 2.41. The van der Waals surface area contributed by atoms with Crippen LogP contribution in [0.5, 0.6) is 0 Å². The second kappa shape index (κ2) is 5.67. The molecule has 0 aliphatic heterocycles. The third-order valence-corrected chi connectivity index (χ3v) is 1.10. The van der Waals surface area contributed by atoms with Crippen LogP contribution < -0.4 is 0 Å². The number of hydrogen-bond acceptors (Lipinski definition) is 2. The third-order valence-electron chi connectivity index (χ3n) is 1.10. The average Bonchev–Trinajstić information content (AvgIpc) is 1.85. The summed E-state index contributed by atoms with van der Waals surface area (Å²) in [5, 5.41) is 0. The molecule has 0 aromatic carbocycles. The van der Waals surface area contributed by atoms with Crippen LogP contribution in [0.4, 0.5) is 0 Å². The summed E-state index contributed by atoms with van der Waals surface area (Å²) in [7, 11) is 0. The first-order valence-electron chi connectivity index (χ1n) is 3.62. The van der Waals surface area contributed by atoms with Gasteiger partial charge < -0.3 is 4.79 Å². The van der Waals surface area contributed by atoms with Crippen LogP contribution >= 0.6 is 0 Å². The normalized spacial score (nSPS) is 8.18. The lowest BCUT2D eigenvalue weighted by Crippen LogP contribution is -1.88. The lowest BCUT2D eigenvalue weighted by atomic mass is 10.2. The summed E-state index contributed by atoms with van der Waals surface area (Å²) in [5.74, 6) is 5.17. The first kappa shape index (κ1) is 9.90. The zero-order valence-electron chi connectivity index (χ0n) is 6.94. The Hall–Kier alpha value is -1.10. The molecule has 0 aromatic rings. The lowest BCUT2D eigenvalue weighted by Gasteiger charge is -1.87. The Kier molecular flexibility index (Phi) is 5.10. The van der Waals surface area contributed by atoms with Crippen LogP contribution in [0.3, 0.4) is 0 Å². The van der Waals surface area contributed by atoms with Crippen molar-refractivity contribution in [3.8, 4) is 11.8 Å². The zero-order valence-corrected chi connectivity index (χ0v) is 6.94. The molecule has 0 heterocycles. The first-order valence-corrected chi connectivity index (χ1v) is 3.62. The van der Waals surface area contributed by atoms with Crippen molar-refractivity contribution < 1.29 is 9.59 Å². The number of ketones is 2. The van der Waals surface area contributed by atoms with Crippen LogP contribution in [0.25, 0.3) is 0 Å². The van der Waals surface area contributed by atoms with Gasteiger partial charge in [-0.15, -0.1) is 0 Å². The Morgan fingerprint density at radius 1 is 1.27 bits per heavy atom. The molecule has 0 aromatic heterocycles. The van der Waals surface area contributed by atoms with Crippen LogP contribution in [0.15, 0.2) is 0 Å². The van der Waals surface area contributed by atoms with Gasteiger partial charge in [0, 0.05) is 19.8 Å². The van der Waals surface area contributed by atoms with Crippen molar-refractivity contribution in [3.63, 3.8) is 0 Å². The van der Waals surface area contributed by atoms with E-state index < -0.39 is 0 Å². The van der Waals surface area contributed by atoms with Gasteiger partial charge in [0.15, 0.2) is 0 Å². The summed E-state index contributed by atoms with van der Waals surface area (Å²) < 4.78 is 0. The molecule has 0 saturated carbocycles. The van der Waals surface area contributed by atoms with Crippen molar-refractivity contribution in [3.05, 3.63) is 0 Å². The molecule has 0 N–H and O–H groups in total. The third kappa shape index (κ3) is 8.90. The Bertz CT molecular complexity index is 205. The van der Waals surface area contributed by atoms with E-state index in [2.05, 4.69) is 11.8 Å². The predicted molar refractivity (Wildman–Crippen MR) is 43.0 cm³/mol. The van der Waals surface area contributed by atoms with Gasteiger partial charge in [-0.05, 0) is 19.3 Å². The standard InChI is InChI=1S/C9H12O2/c1-8(10)6-4-3-5-7-9(2)11/h3-4,6H2,1-2H3. The van der Waals surface area contributed by atoms with E-state index >= 15 is 0 Å². The SMILES string of the molecule is CC(=O)C#CCCCC(C)=O. The Labute approximate surface area is 67.0 Å². The second-order valence-electron chi connectivity index (χ2n) is 2.41. The summed E-state index contributed by atoms with van der Waals surface area (Å²) in [5.41, 5.74) is 0. The summed E-state index contributed by atoms with van der Waals surface area (Å²) >= 11 is 0. The highest BCUT2D eigenvalue weighted by Crippen LogP contribution is 1.93. The van der Waals surface area contributed by atoms with Gasteiger partial charge in [0.05, 0.1) is 0 Å². The van der Waals surface area contributed by atoms with E-state index in [0.29, 0.717) is 12.8 Å². The Morgan fingerprint density at radius 3 is 2.36 bits per heavy atom. The van der Waals surface area contributed by atoms with Crippen molar-refractivity contribution in [2.45, 2.75) is 33.1 Å². The lowest BCUT2D eigenvalue weighted by molar-refractivity contribution is -0.117.